The van der Waals surface area contributed by atoms with Crippen LogP contribution in [0.15, 0.2) is 29.8 Å². The van der Waals surface area contributed by atoms with E-state index < -0.39 is 0 Å². The lowest BCUT2D eigenvalue weighted by Crippen LogP contribution is -2.46. The normalized spacial score (nSPS) is 23.2. The number of carbonyl (C=O) groups excluding carboxylic acids is 1. The van der Waals surface area contributed by atoms with Gasteiger partial charge in [-0.1, -0.05) is 29.3 Å². The van der Waals surface area contributed by atoms with E-state index >= 15 is 0 Å². The second-order valence-corrected chi connectivity index (χ2v) is 6.41. The highest BCUT2D eigenvalue weighted by Crippen LogP contribution is 2.33. The summed E-state index contributed by atoms with van der Waals surface area (Å²) in [5.74, 6) is 0. The van der Waals surface area contributed by atoms with Crippen LogP contribution >= 0.6 is 11.6 Å². The topological polar surface area (TPSA) is 23.6 Å². The highest BCUT2D eigenvalue weighted by molar-refractivity contribution is 6.30. The number of piperazine rings is 1. The Bertz CT molecular complexity index is 562. The molecule has 0 radical (unpaired) electrons. The number of aryl methyl sites for hydroxylation is 1. The molecule has 4 heteroatoms. The molecule has 2 aliphatic rings. The highest BCUT2D eigenvalue weighted by Gasteiger charge is 2.26. The number of amides is 1. The molecule has 0 N–H and O–H groups in total. The van der Waals surface area contributed by atoms with Crippen LogP contribution in [0.4, 0.5) is 0 Å². The summed E-state index contributed by atoms with van der Waals surface area (Å²) in [6.07, 6.45) is 5.50. The number of fused-ring (bicyclic) bond motifs is 1. The number of rotatable bonds is 2. The van der Waals surface area contributed by atoms with Crippen molar-refractivity contribution in [2.75, 3.05) is 26.2 Å². The van der Waals surface area contributed by atoms with E-state index in [9.17, 15) is 4.79 Å². The Labute approximate surface area is 131 Å². The molecule has 1 saturated heterocycles. The highest BCUT2D eigenvalue weighted by atomic mass is 35.5. The van der Waals surface area contributed by atoms with Crippen molar-refractivity contribution in [2.24, 2.45) is 0 Å². The summed E-state index contributed by atoms with van der Waals surface area (Å²) in [4.78, 5) is 15.2. The molecule has 1 fully saturated rings. The van der Waals surface area contributed by atoms with Crippen molar-refractivity contribution in [3.63, 3.8) is 0 Å². The summed E-state index contributed by atoms with van der Waals surface area (Å²) in [5, 5.41) is 0.817. The first-order chi connectivity index (χ1) is 10.2. The number of halogens is 1. The first kappa shape index (κ1) is 14.6. The van der Waals surface area contributed by atoms with Gasteiger partial charge in [-0.05, 0) is 43.0 Å². The van der Waals surface area contributed by atoms with Crippen LogP contribution in [-0.2, 0) is 11.2 Å². The van der Waals surface area contributed by atoms with Crippen LogP contribution < -0.4 is 0 Å². The molecule has 0 saturated carbocycles. The van der Waals surface area contributed by atoms with E-state index in [0.717, 1.165) is 50.5 Å². The lowest BCUT2D eigenvalue weighted by molar-refractivity contribution is -0.119. The van der Waals surface area contributed by atoms with Gasteiger partial charge in [0, 0.05) is 31.2 Å². The Hall–Kier alpha value is -1.32. The number of benzene rings is 1. The molecule has 0 spiro atoms. The maximum Gasteiger partial charge on any atom is 0.209 e. The van der Waals surface area contributed by atoms with Gasteiger partial charge in [0.2, 0.25) is 6.41 Å². The zero-order chi connectivity index (χ0) is 14.8. The molecule has 1 amide bonds. The zero-order valence-corrected chi connectivity index (χ0v) is 13.1. The second-order valence-electron chi connectivity index (χ2n) is 5.98. The summed E-state index contributed by atoms with van der Waals surface area (Å²) in [6.45, 7) is 5.69. The lowest BCUT2D eigenvalue weighted by atomic mass is 9.98. The second kappa shape index (κ2) is 6.20. The maximum atomic E-state index is 10.9. The molecule has 1 aliphatic heterocycles. The molecule has 1 atom stereocenters. The monoisotopic (exact) mass is 304 g/mol. The predicted molar refractivity (Wildman–Crippen MR) is 85.5 cm³/mol. The molecule has 1 heterocycles. The molecule has 112 valence electrons. The first-order valence-electron chi connectivity index (χ1n) is 7.56. The SMILES string of the molecule is CC1=C[C@H](N2CCN(C=O)CC2)c2ccc(Cl)cc2CC1. The number of nitrogens with zero attached hydrogens (tertiary/aromatic N) is 2. The smallest absolute Gasteiger partial charge is 0.209 e. The quantitative estimate of drug-likeness (QED) is 0.619. The summed E-state index contributed by atoms with van der Waals surface area (Å²) >= 11 is 6.16. The van der Waals surface area contributed by atoms with Crippen LogP contribution in [-0.4, -0.2) is 42.4 Å². The third-order valence-corrected chi connectivity index (χ3v) is 4.78. The molecule has 0 bridgehead atoms. The van der Waals surface area contributed by atoms with Crippen LogP contribution in [0.3, 0.4) is 0 Å². The Morgan fingerprint density at radius 2 is 1.95 bits per heavy atom. The summed E-state index contributed by atoms with van der Waals surface area (Å²) < 4.78 is 0. The Kier molecular flexibility index (Phi) is 4.32. The molecule has 0 unspecified atom stereocenters. The number of hydrogen-bond acceptors (Lipinski definition) is 2. The fourth-order valence-electron chi connectivity index (χ4n) is 3.28. The van der Waals surface area contributed by atoms with Crippen molar-refractivity contribution in [3.8, 4) is 0 Å². The molecule has 3 nitrogen and oxygen atoms in total. The summed E-state index contributed by atoms with van der Waals surface area (Å²) in [7, 11) is 0. The van der Waals surface area contributed by atoms with Gasteiger partial charge >= 0.3 is 0 Å². The third kappa shape index (κ3) is 3.14. The molecule has 21 heavy (non-hydrogen) atoms. The Morgan fingerprint density at radius 3 is 2.67 bits per heavy atom. The van der Waals surface area contributed by atoms with Crippen molar-refractivity contribution in [3.05, 3.63) is 46.0 Å². The molecule has 0 aromatic heterocycles. The minimum atomic E-state index is 0.313. The van der Waals surface area contributed by atoms with Crippen LogP contribution in [0.25, 0.3) is 0 Å². The lowest BCUT2D eigenvalue weighted by Gasteiger charge is -2.37. The molecule has 3 rings (SSSR count). The van der Waals surface area contributed by atoms with Gasteiger partial charge in [-0.15, -0.1) is 0 Å². The predicted octanol–water partition coefficient (Wildman–Crippen LogP) is 3.05. The van der Waals surface area contributed by atoms with Gasteiger partial charge in [0.15, 0.2) is 0 Å². The van der Waals surface area contributed by atoms with E-state index in [2.05, 4.69) is 30.0 Å². The van der Waals surface area contributed by atoms with Gasteiger partial charge in [0.1, 0.15) is 0 Å². The van der Waals surface area contributed by atoms with Crippen LogP contribution in [0.5, 0.6) is 0 Å². The molecule has 1 aromatic rings. The average molecular weight is 305 g/mol. The molecule has 1 aliphatic carbocycles. The average Bonchev–Trinajstić information content (AvgIpc) is 2.67. The number of carbonyl (C=O) groups is 1. The van der Waals surface area contributed by atoms with Gasteiger partial charge in [-0.2, -0.15) is 0 Å². The van der Waals surface area contributed by atoms with Crippen molar-refractivity contribution < 1.29 is 4.79 Å². The molecular weight excluding hydrogens is 284 g/mol. The number of allylic oxidation sites excluding steroid dienone is 1. The number of hydrogen-bond donors (Lipinski definition) is 0. The Morgan fingerprint density at radius 1 is 1.19 bits per heavy atom. The van der Waals surface area contributed by atoms with Crippen molar-refractivity contribution >= 4 is 18.0 Å². The Balaban J connectivity index is 1.89. The van der Waals surface area contributed by atoms with Crippen LogP contribution in [0.1, 0.15) is 30.5 Å². The minimum absolute atomic E-state index is 0.313. The van der Waals surface area contributed by atoms with Gasteiger partial charge in [-0.25, -0.2) is 0 Å². The van der Waals surface area contributed by atoms with Gasteiger partial charge in [0.25, 0.3) is 0 Å². The summed E-state index contributed by atoms with van der Waals surface area (Å²) in [6, 6.07) is 6.58. The van der Waals surface area contributed by atoms with Crippen molar-refractivity contribution in [1.82, 2.24) is 9.80 Å². The zero-order valence-electron chi connectivity index (χ0n) is 12.4. The third-order valence-electron chi connectivity index (χ3n) is 4.55. The van der Waals surface area contributed by atoms with Crippen LogP contribution in [0, 0.1) is 0 Å². The molecule has 1 aromatic carbocycles. The van der Waals surface area contributed by atoms with E-state index in [1.165, 1.54) is 16.7 Å². The largest absolute Gasteiger partial charge is 0.343 e. The van der Waals surface area contributed by atoms with E-state index in [-0.39, 0.29) is 0 Å². The van der Waals surface area contributed by atoms with Crippen LogP contribution in [0.2, 0.25) is 5.02 Å². The standard InChI is InChI=1S/C17H21ClN2O/c1-13-2-3-14-11-15(18)4-5-16(14)17(10-13)20-8-6-19(12-21)7-9-20/h4-5,10-12,17H,2-3,6-9H2,1H3/t17-/m0/s1. The first-order valence-corrected chi connectivity index (χ1v) is 7.94. The van der Waals surface area contributed by atoms with E-state index in [4.69, 9.17) is 11.6 Å². The van der Waals surface area contributed by atoms with Gasteiger partial charge in [-0.3, -0.25) is 9.69 Å². The van der Waals surface area contributed by atoms with Crippen molar-refractivity contribution in [2.45, 2.75) is 25.8 Å². The van der Waals surface area contributed by atoms with Gasteiger partial charge in [0.05, 0.1) is 6.04 Å². The van der Waals surface area contributed by atoms with Crippen molar-refractivity contribution in [1.29, 1.82) is 0 Å². The van der Waals surface area contributed by atoms with Gasteiger partial charge < -0.3 is 4.90 Å². The minimum Gasteiger partial charge on any atom is -0.343 e. The maximum absolute atomic E-state index is 10.9. The molecular formula is C17H21ClN2O. The van der Waals surface area contributed by atoms with E-state index in [0.29, 0.717) is 6.04 Å². The fourth-order valence-corrected chi connectivity index (χ4v) is 3.47. The van der Waals surface area contributed by atoms with E-state index in [1.807, 2.05) is 11.0 Å². The summed E-state index contributed by atoms with van der Waals surface area (Å²) in [5.41, 5.74) is 4.17. The van der Waals surface area contributed by atoms with E-state index in [1.54, 1.807) is 0 Å². The fraction of sp³-hybridized carbons (Fsp3) is 0.471.